The Morgan fingerprint density at radius 2 is 1.78 bits per heavy atom. The molecule has 138 valence electrons. The molecule has 0 aliphatic carbocycles. The number of rotatable bonds is 3. The number of amides is 1. The quantitative estimate of drug-likeness (QED) is 0.719. The largest absolute Gasteiger partial charge is 0.337 e. The average Bonchev–Trinajstić information content (AvgIpc) is 2.70. The Hall–Kier alpha value is -2.95. The summed E-state index contributed by atoms with van der Waals surface area (Å²) in [5, 5.41) is 5.68. The van der Waals surface area contributed by atoms with E-state index in [1.165, 1.54) is 4.68 Å². The van der Waals surface area contributed by atoms with Gasteiger partial charge in [-0.15, -0.1) is 0 Å². The lowest BCUT2D eigenvalue weighted by molar-refractivity contribution is 0.0676. The van der Waals surface area contributed by atoms with Crippen LogP contribution < -0.4 is 5.56 Å². The summed E-state index contributed by atoms with van der Waals surface area (Å²) in [6.45, 7) is 4.01. The summed E-state index contributed by atoms with van der Waals surface area (Å²) >= 11 is 0. The average molecular weight is 361 g/mol. The monoisotopic (exact) mass is 361 g/mol. The van der Waals surface area contributed by atoms with Gasteiger partial charge in [-0.3, -0.25) is 9.59 Å². The number of hydrogen-bond donors (Lipinski definition) is 0. The fourth-order valence-corrected chi connectivity index (χ4v) is 3.78. The van der Waals surface area contributed by atoms with Crippen molar-refractivity contribution in [1.82, 2.24) is 14.7 Å². The van der Waals surface area contributed by atoms with Crippen LogP contribution >= 0.6 is 0 Å². The molecule has 0 bridgehead atoms. The Morgan fingerprint density at radius 1 is 1.07 bits per heavy atom. The van der Waals surface area contributed by atoms with Gasteiger partial charge in [-0.2, -0.15) is 5.10 Å². The van der Waals surface area contributed by atoms with Crippen LogP contribution in [0.4, 0.5) is 0 Å². The molecule has 1 amide bonds. The first-order valence-electron chi connectivity index (χ1n) is 9.46. The predicted octanol–water partition coefficient (Wildman–Crippen LogP) is 3.32. The lowest BCUT2D eigenvalue weighted by Gasteiger charge is -2.31. The van der Waals surface area contributed by atoms with E-state index in [1.807, 2.05) is 53.4 Å². The number of fused-ring (bicyclic) bond motifs is 1. The summed E-state index contributed by atoms with van der Waals surface area (Å²) in [7, 11) is 0. The van der Waals surface area contributed by atoms with Crippen molar-refractivity contribution < 1.29 is 4.79 Å². The summed E-state index contributed by atoms with van der Waals surface area (Å²) in [4.78, 5) is 28.0. The van der Waals surface area contributed by atoms with Crippen LogP contribution in [0.2, 0.25) is 0 Å². The van der Waals surface area contributed by atoms with Gasteiger partial charge in [0.05, 0.1) is 11.9 Å². The number of likely N-dealkylation sites (tertiary alicyclic amines) is 1. The number of carbonyl (C=O) groups excluding carboxylic acids is 1. The van der Waals surface area contributed by atoms with Gasteiger partial charge < -0.3 is 4.90 Å². The lowest BCUT2D eigenvalue weighted by atomic mass is 9.99. The van der Waals surface area contributed by atoms with Gasteiger partial charge >= 0.3 is 0 Å². The molecule has 0 radical (unpaired) electrons. The third-order valence-corrected chi connectivity index (χ3v) is 5.19. The molecule has 0 spiro atoms. The van der Waals surface area contributed by atoms with E-state index < -0.39 is 0 Å². The van der Waals surface area contributed by atoms with Crippen LogP contribution in [0.1, 0.15) is 35.8 Å². The molecule has 1 atom stereocenters. The first kappa shape index (κ1) is 17.5. The van der Waals surface area contributed by atoms with Gasteiger partial charge in [-0.25, -0.2) is 4.68 Å². The van der Waals surface area contributed by atoms with Gasteiger partial charge in [0.15, 0.2) is 5.69 Å². The zero-order valence-electron chi connectivity index (χ0n) is 15.5. The van der Waals surface area contributed by atoms with Crippen LogP contribution in [0.3, 0.4) is 0 Å². The third-order valence-electron chi connectivity index (χ3n) is 5.19. The van der Waals surface area contributed by atoms with Gasteiger partial charge in [-0.1, -0.05) is 55.5 Å². The van der Waals surface area contributed by atoms with Gasteiger partial charge in [0, 0.05) is 18.5 Å². The Kier molecular flexibility index (Phi) is 4.75. The molecule has 5 heteroatoms. The van der Waals surface area contributed by atoms with Gasteiger partial charge in [0.2, 0.25) is 0 Å². The summed E-state index contributed by atoms with van der Waals surface area (Å²) < 4.78 is 1.41. The normalized spacial score (nSPS) is 17.2. The number of aromatic nitrogens is 2. The maximum atomic E-state index is 13.2. The molecule has 1 unspecified atom stereocenters. The topological polar surface area (TPSA) is 55.2 Å². The first-order valence-corrected chi connectivity index (χ1v) is 9.46. The molecular weight excluding hydrogens is 338 g/mol. The Balaban J connectivity index is 1.80. The SMILES string of the molecule is CC1CCCN(C(=O)c2nn(Cc3ccccc3)c(=O)c3ccccc23)C1. The highest BCUT2D eigenvalue weighted by molar-refractivity contribution is 6.04. The van der Waals surface area contributed by atoms with Crippen molar-refractivity contribution in [2.24, 2.45) is 5.92 Å². The second-order valence-electron chi connectivity index (χ2n) is 7.34. The van der Waals surface area contributed by atoms with Crippen molar-refractivity contribution in [3.8, 4) is 0 Å². The van der Waals surface area contributed by atoms with Gasteiger partial charge in [-0.05, 0) is 30.4 Å². The molecule has 1 aromatic heterocycles. The molecule has 1 aliphatic rings. The number of carbonyl (C=O) groups is 1. The number of piperidine rings is 1. The van der Waals surface area contributed by atoms with E-state index in [4.69, 9.17) is 0 Å². The van der Waals surface area contributed by atoms with Crippen LogP contribution in [0.15, 0.2) is 59.4 Å². The van der Waals surface area contributed by atoms with Crippen molar-refractivity contribution >= 4 is 16.7 Å². The van der Waals surface area contributed by atoms with E-state index in [-0.39, 0.29) is 11.5 Å². The van der Waals surface area contributed by atoms with Crippen molar-refractivity contribution in [2.45, 2.75) is 26.3 Å². The van der Waals surface area contributed by atoms with E-state index in [1.54, 1.807) is 6.07 Å². The molecule has 3 aromatic rings. The van der Waals surface area contributed by atoms with Crippen LogP contribution in [0, 0.1) is 5.92 Å². The standard InChI is InChI=1S/C22H23N3O2/c1-16-8-7-13-24(14-16)22(27)20-18-11-5-6-12-19(18)21(26)25(23-20)15-17-9-3-2-4-10-17/h2-6,9-12,16H,7-8,13-15H2,1H3. The highest BCUT2D eigenvalue weighted by Gasteiger charge is 2.25. The fraction of sp³-hybridized carbons (Fsp3) is 0.318. The van der Waals surface area contributed by atoms with Crippen molar-refractivity contribution in [2.75, 3.05) is 13.1 Å². The van der Waals surface area contributed by atoms with Crippen LogP contribution in [-0.2, 0) is 6.54 Å². The molecule has 1 saturated heterocycles. The second kappa shape index (κ2) is 7.35. The predicted molar refractivity (Wildman–Crippen MR) is 106 cm³/mol. The molecule has 2 aromatic carbocycles. The molecule has 0 saturated carbocycles. The minimum atomic E-state index is -0.169. The zero-order valence-corrected chi connectivity index (χ0v) is 15.5. The lowest BCUT2D eigenvalue weighted by Crippen LogP contribution is -2.40. The van der Waals surface area contributed by atoms with Crippen LogP contribution in [0.5, 0.6) is 0 Å². The summed E-state index contributed by atoms with van der Waals surface area (Å²) in [6, 6.07) is 17.0. The fourth-order valence-electron chi connectivity index (χ4n) is 3.78. The van der Waals surface area contributed by atoms with Gasteiger partial charge in [0.1, 0.15) is 0 Å². The maximum absolute atomic E-state index is 13.2. The van der Waals surface area contributed by atoms with Crippen molar-refractivity contribution in [1.29, 1.82) is 0 Å². The molecule has 2 heterocycles. The van der Waals surface area contributed by atoms with E-state index in [2.05, 4.69) is 12.0 Å². The highest BCUT2D eigenvalue weighted by atomic mass is 16.2. The number of benzene rings is 2. The minimum absolute atomic E-state index is 0.0837. The molecule has 27 heavy (non-hydrogen) atoms. The van der Waals surface area contributed by atoms with Crippen molar-refractivity contribution in [3.63, 3.8) is 0 Å². The minimum Gasteiger partial charge on any atom is -0.337 e. The van der Waals surface area contributed by atoms with Crippen LogP contribution in [0.25, 0.3) is 10.8 Å². The smallest absolute Gasteiger partial charge is 0.274 e. The first-order chi connectivity index (χ1) is 13.1. The maximum Gasteiger partial charge on any atom is 0.274 e. The second-order valence-corrected chi connectivity index (χ2v) is 7.34. The summed E-state index contributed by atoms with van der Waals surface area (Å²) in [5.74, 6) is 0.406. The third kappa shape index (κ3) is 3.50. The zero-order chi connectivity index (χ0) is 18.8. The molecule has 0 N–H and O–H groups in total. The van der Waals surface area contributed by atoms with E-state index in [0.29, 0.717) is 28.9 Å². The van der Waals surface area contributed by atoms with Crippen LogP contribution in [-0.4, -0.2) is 33.7 Å². The highest BCUT2D eigenvalue weighted by Crippen LogP contribution is 2.20. The van der Waals surface area contributed by atoms with E-state index in [9.17, 15) is 9.59 Å². The molecule has 1 fully saturated rings. The van der Waals surface area contributed by atoms with Crippen molar-refractivity contribution in [3.05, 3.63) is 76.2 Å². The summed E-state index contributed by atoms with van der Waals surface area (Å²) in [6.07, 6.45) is 2.15. The summed E-state index contributed by atoms with van der Waals surface area (Å²) in [5.41, 5.74) is 1.18. The van der Waals surface area contributed by atoms with Gasteiger partial charge in [0.25, 0.3) is 11.5 Å². The Labute approximate surface area is 158 Å². The Bertz CT molecular complexity index is 1030. The molecular formula is C22H23N3O2. The van der Waals surface area contributed by atoms with E-state index in [0.717, 1.165) is 31.5 Å². The molecule has 1 aliphatic heterocycles. The molecule has 5 nitrogen and oxygen atoms in total. The number of hydrogen-bond acceptors (Lipinski definition) is 3. The van der Waals surface area contributed by atoms with E-state index >= 15 is 0 Å². The molecule has 4 rings (SSSR count). The number of nitrogens with zero attached hydrogens (tertiary/aromatic N) is 3. The Morgan fingerprint density at radius 3 is 2.52 bits per heavy atom.